The lowest BCUT2D eigenvalue weighted by Crippen LogP contribution is -2.51. The zero-order valence-corrected chi connectivity index (χ0v) is 12.1. The summed E-state index contributed by atoms with van der Waals surface area (Å²) in [6.07, 6.45) is 9.61. The molecular weight excluding hydrogens is 224 g/mol. The molecule has 0 aromatic rings. The summed E-state index contributed by atoms with van der Waals surface area (Å²) in [5.41, 5.74) is 5.99. The maximum absolute atomic E-state index is 5.99. The van der Waals surface area contributed by atoms with Gasteiger partial charge in [0.25, 0.3) is 0 Å². The van der Waals surface area contributed by atoms with E-state index in [1.165, 1.54) is 44.9 Å². The minimum atomic E-state index is 0.379. The normalized spacial score (nSPS) is 35.0. The van der Waals surface area contributed by atoms with Crippen LogP contribution in [0.25, 0.3) is 0 Å². The van der Waals surface area contributed by atoms with Crippen LogP contribution in [0.4, 0.5) is 0 Å². The Hall–Kier alpha value is -0.120. The molecule has 2 fully saturated rings. The van der Waals surface area contributed by atoms with Crippen LogP contribution in [0.2, 0.25) is 0 Å². The summed E-state index contributed by atoms with van der Waals surface area (Å²) in [6.45, 7) is 3.98. The van der Waals surface area contributed by atoms with E-state index in [0.717, 1.165) is 25.1 Å². The second-order valence-electron chi connectivity index (χ2n) is 6.10. The first kappa shape index (κ1) is 14.3. The van der Waals surface area contributed by atoms with Gasteiger partial charge in [-0.15, -0.1) is 0 Å². The van der Waals surface area contributed by atoms with Crippen molar-refractivity contribution in [2.24, 2.45) is 11.7 Å². The molecule has 1 aliphatic carbocycles. The number of rotatable bonds is 5. The first-order valence-electron chi connectivity index (χ1n) is 7.79. The van der Waals surface area contributed by atoms with Crippen molar-refractivity contribution in [3.63, 3.8) is 0 Å². The number of hydrogen-bond donors (Lipinski definition) is 1. The van der Waals surface area contributed by atoms with E-state index in [1.54, 1.807) is 0 Å². The predicted octanol–water partition coefficient (Wildman–Crippen LogP) is 2.39. The third-order valence-electron chi connectivity index (χ3n) is 5.13. The third-order valence-corrected chi connectivity index (χ3v) is 5.13. The van der Waals surface area contributed by atoms with E-state index in [4.69, 9.17) is 10.5 Å². The standard InChI is InChI=1S/C15H30N2O/c1-3-12-6-8-13(9-7-12)17(2)14(11-16)15-5-4-10-18-15/h12-15H,3-11,16H2,1-2H3. The number of ether oxygens (including phenoxy) is 1. The maximum atomic E-state index is 5.99. The quantitative estimate of drug-likeness (QED) is 0.819. The molecule has 2 unspecified atom stereocenters. The summed E-state index contributed by atoms with van der Waals surface area (Å²) in [5, 5.41) is 0. The summed E-state index contributed by atoms with van der Waals surface area (Å²) in [6, 6.07) is 1.15. The van der Waals surface area contributed by atoms with Gasteiger partial charge in [0, 0.05) is 25.2 Å². The summed E-state index contributed by atoms with van der Waals surface area (Å²) in [7, 11) is 2.26. The lowest BCUT2D eigenvalue weighted by Gasteiger charge is -2.40. The van der Waals surface area contributed by atoms with Crippen LogP contribution in [-0.4, -0.2) is 43.3 Å². The van der Waals surface area contributed by atoms with Crippen molar-refractivity contribution in [3.8, 4) is 0 Å². The Morgan fingerprint density at radius 3 is 2.44 bits per heavy atom. The highest BCUT2D eigenvalue weighted by molar-refractivity contribution is 4.88. The SMILES string of the molecule is CCC1CCC(N(C)C(CN)C2CCCO2)CC1. The van der Waals surface area contributed by atoms with E-state index in [9.17, 15) is 0 Å². The van der Waals surface area contributed by atoms with E-state index in [1.807, 2.05) is 0 Å². The lowest BCUT2D eigenvalue weighted by molar-refractivity contribution is 0.0108. The van der Waals surface area contributed by atoms with Crippen molar-refractivity contribution in [2.75, 3.05) is 20.2 Å². The van der Waals surface area contributed by atoms with Crippen LogP contribution in [-0.2, 0) is 4.74 Å². The van der Waals surface area contributed by atoms with Gasteiger partial charge in [-0.3, -0.25) is 4.90 Å². The zero-order valence-electron chi connectivity index (χ0n) is 12.1. The van der Waals surface area contributed by atoms with Crippen LogP contribution in [0.1, 0.15) is 51.9 Å². The fourth-order valence-corrected chi connectivity index (χ4v) is 3.72. The number of hydrogen-bond acceptors (Lipinski definition) is 3. The van der Waals surface area contributed by atoms with Crippen LogP contribution < -0.4 is 5.73 Å². The van der Waals surface area contributed by atoms with Crippen molar-refractivity contribution in [1.29, 1.82) is 0 Å². The molecule has 1 saturated carbocycles. The largest absolute Gasteiger partial charge is 0.377 e. The Bertz CT molecular complexity index is 233. The Morgan fingerprint density at radius 2 is 1.94 bits per heavy atom. The van der Waals surface area contributed by atoms with E-state index in [0.29, 0.717) is 12.1 Å². The number of likely N-dealkylation sites (N-methyl/N-ethyl adjacent to an activating group) is 1. The molecule has 1 heterocycles. The van der Waals surface area contributed by atoms with Gasteiger partial charge < -0.3 is 10.5 Å². The van der Waals surface area contributed by atoms with E-state index in [-0.39, 0.29) is 0 Å². The molecule has 0 spiro atoms. The molecule has 0 aromatic heterocycles. The number of nitrogens with two attached hydrogens (primary N) is 1. The van der Waals surface area contributed by atoms with Gasteiger partial charge in [0.15, 0.2) is 0 Å². The van der Waals surface area contributed by atoms with Crippen LogP contribution in [0.5, 0.6) is 0 Å². The molecule has 1 aliphatic heterocycles. The average Bonchev–Trinajstić information content (AvgIpc) is 2.93. The predicted molar refractivity (Wildman–Crippen MR) is 75.6 cm³/mol. The molecule has 3 heteroatoms. The fourth-order valence-electron chi connectivity index (χ4n) is 3.72. The van der Waals surface area contributed by atoms with Crippen molar-refractivity contribution in [3.05, 3.63) is 0 Å². The van der Waals surface area contributed by atoms with E-state index >= 15 is 0 Å². The van der Waals surface area contributed by atoms with Crippen molar-refractivity contribution < 1.29 is 4.74 Å². The molecular formula is C15H30N2O. The third kappa shape index (κ3) is 3.25. The second-order valence-corrected chi connectivity index (χ2v) is 6.10. The molecule has 0 radical (unpaired) electrons. The summed E-state index contributed by atoms with van der Waals surface area (Å²) < 4.78 is 5.84. The van der Waals surface area contributed by atoms with Crippen molar-refractivity contribution in [1.82, 2.24) is 4.90 Å². The highest BCUT2D eigenvalue weighted by Gasteiger charge is 2.33. The van der Waals surface area contributed by atoms with E-state index in [2.05, 4.69) is 18.9 Å². The maximum Gasteiger partial charge on any atom is 0.0743 e. The van der Waals surface area contributed by atoms with E-state index < -0.39 is 0 Å². The average molecular weight is 254 g/mol. The molecule has 18 heavy (non-hydrogen) atoms. The van der Waals surface area contributed by atoms with Gasteiger partial charge in [-0.25, -0.2) is 0 Å². The van der Waals surface area contributed by atoms with Crippen LogP contribution >= 0.6 is 0 Å². The molecule has 106 valence electrons. The summed E-state index contributed by atoms with van der Waals surface area (Å²) in [5.74, 6) is 0.966. The Labute approximate surface area is 112 Å². The summed E-state index contributed by atoms with van der Waals surface area (Å²) in [4.78, 5) is 2.53. The topological polar surface area (TPSA) is 38.5 Å². The fraction of sp³-hybridized carbons (Fsp3) is 1.00. The molecule has 2 rings (SSSR count). The first-order valence-corrected chi connectivity index (χ1v) is 7.79. The first-order chi connectivity index (χ1) is 8.76. The molecule has 0 amide bonds. The van der Waals surface area contributed by atoms with Crippen LogP contribution in [0, 0.1) is 5.92 Å². The highest BCUT2D eigenvalue weighted by atomic mass is 16.5. The van der Waals surface area contributed by atoms with Gasteiger partial charge >= 0.3 is 0 Å². The highest BCUT2D eigenvalue weighted by Crippen LogP contribution is 2.31. The van der Waals surface area contributed by atoms with Gasteiger partial charge in [-0.05, 0) is 51.5 Å². The molecule has 2 atom stereocenters. The van der Waals surface area contributed by atoms with Crippen molar-refractivity contribution >= 4 is 0 Å². The van der Waals surface area contributed by atoms with Crippen LogP contribution in [0.15, 0.2) is 0 Å². The molecule has 2 N–H and O–H groups in total. The smallest absolute Gasteiger partial charge is 0.0743 e. The summed E-state index contributed by atoms with van der Waals surface area (Å²) >= 11 is 0. The Morgan fingerprint density at radius 1 is 1.22 bits per heavy atom. The second kappa shape index (κ2) is 6.88. The van der Waals surface area contributed by atoms with Crippen molar-refractivity contribution in [2.45, 2.75) is 70.1 Å². The van der Waals surface area contributed by atoms with Gasteiger partial charge in [0.05, 0.1) is 6.10 Å². The van der Waals surface area contributed by atoms with Gasteiger partial charge in [0.2, 0.25) is 0 Å². The lowest BCUT2D eigenvalue weighted by atomic mass is 9.83. The monoisotopic (exact) mass is 254 g/mol. The molecule has 0 aromatic carbocycles. The van der Waals surface area contributed by atoms with Gasteiger partial charge in [0.1, 0.15) is 0 Å². The zero-order chi connectivity index (χ0) is 13.0. The van der Waals surface area contributed by atoms with Gasteiger partial charge in [-0.2, -0.15) is 0 Å². The Kier molecular flexibility index (Phi) is 5.46. The molecule has 0 bridgehead atoms. The minimum absolute atomic E-state index is 0.379. The number of nitrogens with zero attached hydrogens (tertiary/aromatic N) is 1. The Balaban J connectivity index is 1.86. The van der Waals surface area contributed by atoms with Gasteiger partial charge in [-0.1, -0.05) is 13.3 Å². The molecule has 1 saturated heterocycles. The minimum Gasteiger partial charge on any atom is -0.377 e. The molecule has 2 aliphatic rings. The molecule has 3 nitrogen and oxygen atoms in total. The van der Waals surface area contributed by atoms with Crippen LogP contribution in [0.3, 0.4) is 0 Å².